The van der Waals surface area contributed by atoms with Crippen molar-refractivity contribution in [2.75, 3.05) is 6.61 Å². The van der Waals surface area contributed by atoms with Gasteiger partial charge in [0.05, 0.1) is 11.8 Å². The van der Waals surface area contributed by atoms with E-state index in [1.807, 2.05) is 91.0 Å². The minimum atomic E-state index is -0.552. The van der Waals surface area contributed by atoms with Crippen molar-refractivity contribution < 1.29 is 28.5 Å². The van der Waals surface area contributed by atoms with Crippen molar-refractivity contribution in [2.45, 2.75) is 19.8 Å². The second-order valence-corrected chi connectivity index (χ2v) is 8.79. The van der Waals surface area contributed by atoms with Crippen LogP contribution >= 0.6 is 0 Å². The Labute approximate surface area is 227 Å². The van der Waals surface area contributed by atoms with E-state index in [4.69, 9.17) is 23.7 Å². The van der Waals surface area contributed by atoms with E-state index in [2.05, 4.69) is 0 Å². The predicted octanol–water partition coefficient (Wildman–Crippen LogP) is 7.01. The number of hydrogen-bond donors (Lipinski definition) is 0. The van der Waals surface area contributed by atoms with Crippen LogP contribution < -0.4 is 14.2 Å². The standard InChI is InChI=1S/C33H28O6/c34-33(39-29-17-10-18-35-24-29)28-19-30(36-21-25-11-4-1-5-12-25)32(38-23-27-15-8-3-9-16-27)31(20-28)37-22-26-13-6-2-7-14-26/h1-20H,21-24H2. The molecule has 0 saturated heterocycles. The number of carbonyl (C=O) groups is 1. The molecule has 0 radical (unpaired) electrons. The highest BCUT2D eigenvalue weighted by Gasteiger charge is 2.21. The number of allylic oxidation sites excluding steroid dienone is 2. The summed E-state index contributed by atoms with van der Waals surface area (Å²) in [4.78, 5) is 13.2. The second-order valence-electron chi connectivity index (χ2n) is 8.79. The van der Waals surface area contributed by atoms with Crippen molar-refractivity contribution in [3.8, 4) is 17.2 Å². The fourth-order valence-electron chi connectivity index (χ4n) is 3.87. The third kappa shape index (κ3) is 7.29. The first kappa shape index (κ1) is 25.7. The molecule has 39 heavy (non-hydrogen) atoms. The van der Waals surface area contributed by atoms with E-state index in [-0.39, 0.29) is 25.4 Å². The van der Waals surface area contributed by atoms with Gasteiger partial charge in [0.15, 0.2) is 11.5 Å². The molecule has 0 aliphatic carbocycles. The lowest BCUT2D eigenvalue weighted by atomic mass is 10.1. The molecule has 0 unspecified atom stereocenters. The zero-order valence-corrected chi connectivity index (χ0v) is 21.3. The summed E-state index contributed by atoms with van der Waals surface area (Å²) in [6.45, 7) is 1.03. The average molecular weight is 521 g/mol. The molecule has 5 rings (SSSR count). The Morgan fingerprint density at radius 2 is 1.15 bits per heavy atom. The van der Waals surface area contributed by atoms with Crippen molar-refractivity contribution in [3.05, 3.63) is 150 Å². The van der Waals surface area contributed by atoms with Crippen LogP contribution in [0.5, 0.6) is 17.2 Å². The second kappa shape index (κ2) is 13.0. The highest BCUT2D eigenvalue weighted by Crippen LogP contribution is 2.41. The van der Waals surface area contributed by atoms with Gasteiger partial charge in [-0.2, -0.15) is 0 Å². The molecule has 6 heteroatoms. The highest BCUT2D eigenvalue weighted by molar-refractivity contribution is 5.92. The Hall–Kier alpha value is -4.97. The van der Waals surface area contributed by atoms with E-state index in [1.54, 1.807) is 30.5 Å². The van der Waals surface area contributed by atoms with E-state index in [9.17, 15) is 4.79 Å². The van der Waals surface area contributed by atoms with Crippen LogP contribution in [0.1, 0.15) is 27.0 Å². The molecule has 0 N–H and O–H groups in total. The maximum atomic E-state index is 13.2. The summed E-state index contributed by atoms with van der Waals surface area (Å²) in [6.07, 6.45) is 4.91. The van der Waals surface area contributed by atoms with E-state index in [0.29, 0.717) is 29.6 Å². The van der Waals surface area contributed by atoms with Crippen LogP contribution in [0.3, 0.4) is 0 Å². The summed E-state index contributed by atoms with van der Waals surface area (Å²) >= 11 is 0. The molecule has 0 atom stereocenters. The predicted molar refractivity (Wildman–Crippen MR) is 147 cm³/mol. The lowest BCUT2D eigenvalue weighted by molar-refractivity contribution is 0.0570. The molecule has 1 heterocycles. The molecule has 6 nitrogen and oxygen atoms in total. The zero-order chi connectivity index (χ0) is 26.7. The lowest BCUT2D eigenvalue weighted by Gasteiger charge is -2.19. The van der Waals surface area contributed by atoms with Crippen molar-refractivity contribution in [2.24, 2.45) is 0 Å². The lowest BCUT2D eigenvalue weighted by Crippen LogP contribution is -2.11. The Morgan fingerprint density at radius 3 is 1.62 bits per heavy atom. The van der Waals surface area contributed by atoms with Gasteiger partial charge in [-0.05, 0) is 41.0 Å². The summed E-state index contributed by atoms with van der Waals surface area (Å²) in [5.41, 5.74) is 3.20. The van der Waals surface area contributed by atoms with Gasteiger partial charge in [-0.1, -0.05) is 91.0 Å². The zero-order valence-electron chi connectivity index (χ0n) is 21.3. The number of ether oxygens (including phenoxy) is 5. The van der Waals surface area contributed by atoms with Crippen LogP contribution in [0, 0.1) is 0 Å². The highest BCUT2D eigenvalue weighted by atomic mass is 16.6. The number of rotatable bonds is 11. The van der Waals surface area contributed by atoms with Gasteiger partial charge >= 0.3 is 5.97 Å². The van der Waals surface area contributed by atoms with Crippen LogP contribution in [0.4, 0.5) is 0 Å². The monoisotopic (exact) mass is 520 g/mol. The SMILES string of the molecule is O=C(OC1=CC=COC1)c1cc(OCc2ccccc2)c(OCc2ccccc2)c(OCc2ccccc2)c1. The average Bonchev–Trinajstić information content (AvgIpc) is 3.00. The molecule has 0 aromatic heterocycles. The normalized spacial score (nSPS) is 12.2. The van der Waals surface area contributed by atoms with Gasteiger partial charge in [-0.3, -0.25) is 0 Å². The fourth-order valence-corrected chi connectivity index (χ4v) is 3.87. The number of benzene rings is 4. The van der Waals surface area contributed by atoms with E-state index in [1.165, 1.54) is 0 Å². The molecule has 0 bridgehead atoms. The van der Waals surface area contributed by atoms with Gasteiger partial charge in [0, 0.05) is 0 Å². The van der Waals surface area contributed by atoms with Crippen molar-refractivity contribution in [1.82, 2.24) is 0 Å². The number of esters is 1. The fraction of sp³-hybridized carbons (Fsp3) is 0.121. The first-order chi connectivity index (χ1) is 19.2. The third-order valence-electron chi connectivity index (χ3n) is 5.86. The molecule has 0 saturated carbocycles. The van der Waals surface area contributed by atoms with Crippen molar-refractivity contribution in [3.63, 3.8) is 0 Å². The molecular formula is C33H28O6. The Kier molecular flexibility index (Phi) is 8.57. The first-order valence-electron chi connectivity index (χ1n) is 12.6. The van der Waals surface area contributed by atoms with Gasteiger partial charge in [0.2, 0.25) is 5.75 Å². The molecule has 1 aliphatic rings. The molecular weight excluding hydrogens is 492 g/mol. The minimum Gasteiger partial charge on any atom is -0.493 e. The van der Waals surface area contributed by atoms with Gasteiger partial charge in [-0.15, -0.1) is 0 Å². The van der Waals surface area contributed by atoms with Crippen LogP contribution in [0.25, 0.3) is 0 Å². The van der Waals surface area contributed by atoms with Gasteiger partial charge < -0.3 is 23.7 Å². The van der Waals surface area contributed by atoms with E-state index in [0.717, 1.165) is 16.7 Å². The van der Waals surface area contributed by atoms with Crippen molar-refractivity contribution in [1.29, 1.82) is 0 Å². The minimum absolute atomic E-state index is 0.176. The summed E-state index contributed by atoms with van der Waals surface area (Å²) < 4.78 is 29.5. The van der Waals surface area contributed by atoms with Crippen LogP contribution in [0.15, 0.2) is 127 Å². The van der Waals surface area contributed by atoms with E-state index < -0.39 is 5.97 Å². The molecule has 4 aromatic carbocycles. The third-order valence-corrected chi connectivity index (χ3v) is 5.86. The Morgan fingerprint density at radius 1 is 0.667 bits per heavy atom. The molecule has 0 amide bonds. The summed E-state index contributed by atoms with van der Waals surface area (Å²) in [5.74, 6) is 1.02. The first-order valence-corrected chi connectivity index (χ1v) is 12.6. The molecule has 4 aromatic rings. The largest absolute Gasteiger partial charge is 0.493 e. The van der Waals surface area contributed by atoms with Crippen LogP contribution in [0.2, 0.25) is 0 Å². The topological polar surface area (TPSA) is 63.2 Å². The number of carbonyl (C=O) groups excluding carboxylic acids is 1. The van der Waals surface area contributed by atoms with Crippen molar-refractivity contribution >= 4 is 5.97 Å². The van der Waals surface area contributed by atoms with Gasteiger partial charge in [0.1, 0.15) is 32.2 Å². The Bertz CT molecular complexity index is 1360. The van der Waals surface area contributed by atoms with E-state index >= 15 is 0 Å². The molecule has 196 valence electrons. The van der Waals surface area contributed by atoms with Gasteiger partial charge in [0.25, 0.3) is 0 Å². The number of hydrogen-bond acceptors (Lipinski definition) is 6. The smallest absolute Gasteiger partial charge is 0.343 e. The quantitative estimate of drug-likeness (QED) is 0.198. The Balaban J connectivity index is 1.48. The van der Waals surface area contributed by atoms with Gasteiger partial charge in [-0.25, -0.2) is 4.79 Å². The molecule has 1 aliphatic heterocycles. The summed E-state index contributed by atoms with van der Waals surface area (Å²) in [7, 11) is 0. The molecule has 0 fully saturated rings. The van der Waals surface area contributed by atoms with Crippen LogP contribution in [-0.4, -0.2) is 12.6 Å². The van der Waals surface area contributed by atoms with Crippen LogP contribution in [-0.2, 0) is 29.3 Å². The summed E-state index contributed by atoms with van der Waals surface area (Å²) in [5, 5.41) is 0. The summed E-state index contributed by atoms with van der Waals surface area (Å²) in [6, 6.07) is 32.6. The maximum Gasteiger partial charge on any atom is 0.343 e. The molecule has 0 spiro atoms. The maximum absolute atomic E-state index is 13.2.